The first-order valence-corrected chi connectivity index (χ1v) is 14.2. The van der Waals surface area contributed by atoms with Crippen LogP contribution >= 0.6 is 11.6 Å². The maximum absolute atomic E-state index is 13.4. The Morgan fingerprint density at radius 1 is 1.13 bits per heavy atom. The molecule has 0 bridgehead atoms. The number of benzene rings is 2. The topological polar surface area (TPSA) is 117 Å². The van der Waals surface area contributed by atoms with Gasteiger partial charge in [0.05, 0.1) is 29.4 Å². The molecule has 0 amide bonds. The van der Waals surface area contributed by atoms with Crippen LogP contribution in [0, 0.1) is 13.8 Å². The van der Waals surface area contributed by atoms with Gasteiger partial charge in [-0.05, 0) is 59.9 Å². The predicted octanol–water partition coefficient (Wildman–Crippen LogP) is 5.28. The van der Waals surface area contributed by atoms with Crippen LogP contribution in [0.4, 0.5) is 5.82 Å². The average molecular weight is 549 g/mol. The molecule has 8 nitrogen and oxygen atoms in total. The molecule has 1 aliphatic carbocycles. The van der Waals surface area contributed by atoms with E-state index < -0.39 is 9.84 Å². The third kappa shape index (κ3) is 5.07. The second kappa shape index (κ2) is 9.74. The molecule has 38 heavy (non-hydrogen) atoms. The summed E-state index contributed by atoms with van der Waals surface area (Å²) >= 11 is 6.31. The summed E-state index contributed by atoms with van der Waals surface area (Å²) in [6.07, 6.45) is 6.32. The number of hydrogen-bond donors (Lipinski definition) is 1. The molecular weight excluding hydrogens is 524 g/mol. The number of carbonyl (C=O) groups is 1. The Hall–Kier alpha value is -3.95. The largest absolute Gasteiger partial charge is 0.439 e. The lowest BCUT2D eigenvalue weighted by molar-refractivity contribution is 0.103. The Bertz CT molecular complexity index is 1740. The van der Waals surface area contributed by atoms with Gasteiger partial charge in [-0.2, -0.15) is 5.10 Å². The smallest absolute Gasteiger partial charge is 0.219 e. The summed E-state index contributed by atoms with van der Waals surface area (Å²) in [5.41, 5.74) is 11.7. The second-order valence-corrected chi connectivity index (χ2v) is 12.0. The fraction of sp³-hybridized carbons (Fsp3) is 0.179. The number of nitrogens with zero attached hydrogens (tertiary/aromatic N) is 3. The van der Waals surface area contributed by atoms with E-state index in [9.17, 15) is 13.2 Å². The Morgan fingerprint density at radius 3 is 2.61 bits per heavy atom. The minimum absolute atomic E-state index is 0.162. The van der Waals surface area contributed by atoms with E-state index in [-0.39, 0.29) is 22.9 Å². The minimum Gasteiger partial charge on any atom is -0.439 e. The van der Waals surface area contributed by atoms with Gasteiger partial charge >= 0.3 is 0 Å². The van der Waals surface area contributed by atoms with Crippen LogP contribution in [-0.2, 0) is 22.0 Å². The van der Waals surface area contributed by atoms with Crippen molar-refractivity contribution < 1.29 is 17.9 Å². The summed E-state index contributed by atoms with van der Waals surface area (Å²) < 4.78 is 30.9. The lowest BCUT2D eigenvalue weighted by Crippen LogP contribution is -2.09. The van der Waals surface area contributed by atoms with E-state index in [2.05, 4.69) is 10.1 Å². The number of halogens is 1. The first-order chi connectivity index (χ1) is 18.0. The molecule has 0 aliphatic heterocycles. The number of rotatable bonds is 7. The third-order valence-electron chi connectivity index (χ3n) is 6.37. The van der Waals surface area contributed by atoms with Crippen molar-refractivity contribution in [2.45, 2.75) is 26.0 Å². The van der Waals surface area contributed by atoms with E-state index >= 15 is 0 Å². The molecule has 0 saturated heterocycles. The average Bonchev–Trinajstić information content (AvgIpc) is 3.43. The van der Waals surface area contributed by atoms with Crippen LogP contribution in [0.25, 0.3) is 11.8 Å². The Labute approximate surface area is 225 Å². The number of ether oxygens (including phenoxy) is 1. The summed E-state index contributed by atoms with van der Waals surface area (Å²) in [5.74, 6) is 0.931. The van der Waals surface area contributed by atoms with Gasteiger partial charge in [0.25, 0.3) is 0 Å². The van der Waals surface area contributed by atoms with E-state index in [4.69, 9.17) is 22.1 Å². The van der Waals surface area contributed by atoms with E-state index in [1.807, 2.05) is 38.1 Å². The summed E-state index contributed by atoms with van der Waals surface area (Å²) in [6.45, 7) is 3.85. The molecule has 1 aliphatic rings. The van der Waals surface area contributed by atoms with Gasteiger partial charge in [0, 0.05) is 29.3 Å². The van der Waals surface area contributed by atoms with Crippen molar-refractivity contribution in [1.29, 1.82) is 0 Å². The Morgan fingerprint density at radius 2 is 1.89 bits per heavy atom. The number of carbonyl (C=O) groups excluding carboxylic acids is 1. The fourth-order valence-electron chi connectivity index (χ4n) is 4.44. The Balaban J connectivity index is 1.38. The highest BCUT2D eigenvalue weighted by molar-refractivity contribution is 7.89. The van der Waals surface area contributed by atoms with Gasteiger partial charge < -0.3 is 10.5 Å². The molecule has 10 heteroatoms. The quantitative estimate of drug-likeness (QED) is 0.312. The first kappa shape index (κ1) is 25.7. The van der Waals surface area contributed by atoms with Gasteiger partial charge in [0.2, 0.25) is 5.88 Å². The number of aryl methyl sites for hydroxylation is 2. The molecule has 2 aromatic heterocycles. The van der Waals surface area contributed by atoms with Crippen LogP contribution < -0.4 is 10.5 Å². The summed E-state index contributed by atoms with van der Waals surface area (Å²) in [4.78, 5) is 17.8. The molecule has 2 aromatic carbocycles. The van der Waals surface area contributed by atoms with E-state index in [1.165, 1.54) is 10.9 Å². The highest BCUT2D eigenvalue weighted by atomic mass is 35.5. The lowest BCUT2D eigenvalue weighted by Gasteiger charge is -2.11. The standard InChI is InChI=1S/C28H25ClN4O4S/c1-16-6-4-5-7-25(16)37-26-8-17(2)24(14-31-26)33-28(30)22(13-32-33)27(34)20-9-18-11-21(15-38(3,35)36)23(29)12-19(18)10-20/h4-8,10-14H,9,15,30H2,1-3H3. The van der Waals surface area contributed by atoms with Gasteiger partial charge in [-0.3, -0.25) is 4.79 Å². The summed E-state index contributed by atoms with van der Waals surface area (Å²) in [5, 5.41) is 4.71. The van der Waals surface area contributed by atoms with Crippen molar-refractivity contribution in [1.82, 2.24) is 14.8 Å². The number of sulfone groups is 1. The highest BCUT2D eigenvalue weighted by Gasteiger charge is 2.25. The van der Waals surface area contributed by atoms with Crippen LogP contribution in [0.3, 0.4) is 0 Å². The number of anilines is 1. The minimum atomic E-state index is -3.25. The van der Waals surface area contributed by atoms with Gasteiger partial charge in [-0.1, -0.05) is 35.9 Å². The molecule has 0 unspecified atom stereocenters. The van der Waals surface area contributed by atoms with Gasteiger partial charge in [0.15, 0.2) is 15.6 Å². The number of nitrogen functional groups attached to an aromatic ring is 1. The van der Waals surface area contributed by atoms with Crippen LogP contribution in [0.15, 0.2) is 60.4 Å². The molecular formula is C28H25ClN4O4S. The van der Waals surface area contributed by atoms with Crippen LogP contribution in [-0.4, -0.2) is 35.2 Å². The monoisotopic (exact) mass is 548 g/mol. The number of para-hydroxylation sites is 1. The van der Waals surface area contributed by atoms with E-state index in [1.54, 1.807) is 30.5 Å². The number of aromatic nitrogens is 3. The lowest BCUT2D eigenvalue weighted by atomic mass is 10.0. The van der Waals surface area contributed by atoms with Gasteiger partial charge in [-0.25, -0.2) is 18.1 Å². The summed E-state index contributed by atoms with van der Waals surface area (Å²) in [6, 6.07) is 12.9. The fourth-order valence-corrected chi connectivity index (χ4v) is 5.56. The number of Topliss-reactive ketones (excluding diaryl/α,β-unsaturated/α-hetero) is 1. The van der Waals surface area contributed by atoms with Crippen LogP contribution in [0.5, 0.6) is 11.6 Å². The molecule has 0 spiro atoms. The van der Waals surface area contributed by atoms with E-state index in [0.29, 0.717) is 39.9 Å². The first-order valence-electron chi connectivity index (χ1n) is 11.8. The molecule has 2 heterocycles. The van der Waals surface area contributed by atoms with Crippen molar-refractivity contribution in [3.8, 4) is 17.3 Å². The maximum atomic E-state index is 13.4. The zero-order chi connectivity index (χ0) is 27.2. The number of ketones is 1. The number of pyridine rings is 1. The van der Waals surface area contributed by atoms with Gasteiger partial charge in [0.1, 0.15) is 11.6 Å². The zero-order valence-electron chi connectivity index (χ0n) is 21.0. The molecule has 0 saturated carbocycles. The van der Waals surface area contributed by atoms with Crippen LogP contribution in [0.1, 0.15) is 38.2 Å². The molecule has 0 atom stereocenters. The number of fused-ring (bicyclic) bond motifs is 1. The molecule has 4 aromatic rings. The highest BCUT2D eigenvalue weighted by Crippen LogP contribution is 2.34. The molecule has 0 radical (unpaired) electrons. The van der Waals surface area contributed by atoms with E-state index in [0.717, 1.165) is 28.5 Å². The third-order valence-corrected chi connectivity index (χ3v) is 7.56. The SMILES string of the molecule is Cc1ccccc1Oc1cc(C)c(-n2ncc(C(=O)C3=Cc4cc(Cl)c(CS(C)(=O)=O)cc4C3)c2N)cn1. The molecule has 0 fully saturated rings. The normalized spacial score (nSPS) is 12.8. The van der Waals surface area contributed by atoms with Gasteiger partial charge in [-0.15, -0.1) is 0 Å². The molecule has 194 valence electrons. The van der Waals surface area contributed by atoms with Crippen molar-refractivity contribution in [3.63, 3.8) is 0 Å². The van der Waals surface area contributed by atoms with Crippen molar-refractivity contribution in [2.75, 3.05) is 12.0 Å². The number of allylic oxidation sites excluding steroid dienone is 1. The zero-order valence-corrected chi connectivity index (χ0v) is 22.6. The molecule has 5 rings (SSSR count). The van der Waals surface area contributed by atoms with Crippen LogP contribution in [0.2, 0.25) is 5.02 Å². The predicted molar refractivity (Wildman–Crippen MR) is 148 cm³/mol. The Kier molecular flexibility index (Phi) is 6.58. The second-order valence-electron chi connectivity index (χ2n) is 9.42. The number of nitrogens with two attached hydrogens (primary N) is 1. The summed E-state index contributed by atoms with van der Waals surface area (Å²) in [7, 11) is -3.25. The van der Waals surface area contributed by atoms with Crippen molar-refractivity contribution in [2.24, 2.45) is 0 Å². The van der Waals surface area contributed by atoms with Crippen molar-refractivity contribution in [3.05, 3.63) is 98.8 Å². The molecule has 2 N–H and O–H groups in total. The van der Waals surface area contributed by atoms with Crippen molar-refractivity contribution >= 4 is 39.1 Å². The maximum Gasteiger partial charge on any atom is 0.219 e. The number of hydrogen-bond acceptors (Lipinski definition) is 7.